The van der Waals surface area contributed by atoms with Gasteiger partial charge in [-0.1, -0.05) is 30.3 Å². The minimum Gasteiger partial charge on any atom is -0.370 e. The average Bonchev–Trinajstić information content (AvgIpc) is 2.88. The van der Waals surface area contributed by atoms with Crippen LogP contribution in [0, 0.1) is 0 Å². The zero-order valence-corrected chi connectivity index (χ0v) is 15.4. The van der Waals surface area contributed by atoms with E-state index in [9.17, 15) is 8.42 Å². The predicted molar refractivity (Wildman–Crippen MR) is 101 cm³/mol. The molecule has 134 valence electrons. The molecule has 0 unspecified atom stereocenters. The summed E-state index contributed by atoms with van der Waals surface area (Å²) in [6.07, 6.45) is 1.13. The van der Waals surface area contributed by atoms with Gasteiger partial charge in [0.1, 0.15) is 0 Å². The molecule has 25 heavy (non-hydrogen) atoms. The van der Waals surface area contributed by atoms with Crippen LogP contribution >= 0.6 is 0 Å². The SMILES string of the molecule is CNS(=O)(=O)c1ccc(CN2CCCN(c3ccccc3)CC2)cc1. The quantitative estimate of drug-likeness (QED) is 0.890. The van der Waals surface area contributed by atoms with Gasteiger partial charge < -0.3 is 4.90 Å². The molecule has 0 aromatic heterocycles. The number of sulfonamides is 1. The number of anilines is 1. The summed E-state index contributed by atoms with van der Waals surface area (Å²) in [4.78, 5) is 5.18. The van der Waals surface area contributed by atoms with E-state index in [-0.39, 0.29) is 0 Å². The standard InChI is InChI=1S/C19H25N3O2S/c1-20-25(23,24)19-10-8-17(9-11-19)16-21-12-5-13-22(15-14-21)18-6-3-2-4-7-18/h2-4,6-11,20H,5,12-16H2,1H3. The average molecular weight is 359 g/mol. The highest BCUT2D eigenvalue weighted by Crippen LogP contribution is 2.17. The van der Waals surface area contributed by atoms with Gasteiger partial charge in [0.05, 0.1) is 4.90 Å². The van der Waals surface area contributed by atoms with Crippen LogP contribution in [0.15, 0.2) is 59.5 Å². The highest BCUT2D eigenvalue weighted by molar-refractivity contribution is 7.89. The van der Waals surface area contributed by atoms with E-state index in [1.54, 1.807) is 12.1 Å². The van der Waals surface area contributed by atoms with Gasteiger partial charge in [0.15, 0.2) is 0 Å². The van der Waals surface area contributed by atoms with Crippen molar-refractivity contribution in [2.45, 2.75) is 17.9 Å². The Balaban J connectivity index is 1.60. The third-order valence-electron chi connectivity index (χ3n) is 4.62. The zero-order chi connectivity index (χ0) is 17.7. The lowest BCUT2D eigenvalue weighted by molar-refractivity contribution is 0.285. The second kappa shape index (κ2) is 7.99. The van der Waals surface area contributed by atoms with Gasteiger partial charge in [-0.3, -0.25) is 4.90 Å². The normalized spacial score (nSPS) is 16.6. The summed E-state index contributed by atoms with van der Waals surface area (Å²) in [6.45, 7) is 4.99. The molecule has 1 saturated heterocycles. The first-order chi connectivity index (χ1) is 12.1. The monoisotopic (exact) mass is 359 g/mol. The second-order valence-corrected chi connectivity index (χ2v) is 8.19. The van der Waals surface area contributed by atoms with Crippen LogP contribution in [-0.4, -0.2) is 46.5 Å². The minimum absolute atomic E-state index is 0.310. The molecule has 1 heterocycles. The largest absolute Gasteiger partial charge is 0.370 e. The van der Waals surface area contributed by atoms with Crippen molar-refractivity contribution in [2.75, 3.05) is 38.1 Å². The number of para-hydroxylation sites is 1. The first-order valence-corrected chi connectivity index (χ1v) is 10.1. The lowest BCUT2D eigenvalue weighted by Crippen LogP contribution is -2.30. The molecule has 3 rings (SSSR count). The minimum atomic E-state index is -3.36. The van der Waals surface area contributed by atoms with Crippen molar-refractivity contribution in [3.05, 3.63) is 60.2 Å². The van der Waals surface area contributed by atoms with Gasteiger partial charge in [0.25, 0.3) is 0 Å². The number of nitrogens with one attached hydrogen (secondary N) is 1. The fourth-order valence-corrected chi connectivity index (χ4v) is 3.91. The van der Waals surface area contributed by atoms with Gasteiger partial charge in [-0.2, -0.15) is 0 Å². The number of hydrogen-bond acceptors (Lipinski definition) is 4. The van der Waals surface area contributed by atoms with E-state index in [1.165, 1.54) is 12.7 Å². The molecule has 1 aliphatic heterocycles. The van der Waals surface area contributed by atoms with Gasteiger partial charge in [-0.15, -0.1) is 0 Å². The van der Waals surface area contributed by atoms with E-state index >= 15 is 0 Å². The maximum atomic E-state index is 11.8. The molecule has 0 amide bonds. The second-order valence-electron chi connectivity index (χ2n) is 6.30. The molecular weight excluding hydrogens is 334 g/mol. The Kier molecular flexibility index (Phi) is 5.73. The van der Waals surface area contributed by atoms with Crippen LogP contribution in [0.3, 0.4) is 0 Å². The van der Waals surface area contributed by atoms with Crippen LogP contribution in [0.4, 0.5) is 5.69 Å². The molecule has 0 radical (unpaired) electrons. The number of nitrogens with zero attached hydrogens (tertiary/aromatic N) is 2. The van der Waals surface area contributed by atoms with Crippen molar-refractivity contribution < 1.29 is 8.42 Å². The number of hydrogen-bond donors (Lipinski definition) is 1. The maximum absolute atomic E-state index is 11.8. The molecule has 2 aromatic rings. The summed E-state index contributed by atoms with van der Waals surface area (Å²) in [5, 5.41) is 0. The molecule has 1 fully saturated rings. The van der Waals surface area contributed by atoms with Crippen LogP contribution in [0.1, 0.15) is 12.0 Å². The van der Waals surface area contributed by atoms with Crippen molar-refractivity contribution >= 4 is 15.7 Å². The van der Waals surface area contributed by atoms with Gasteiger partial charge in [0.2, 0.25) is 10.0 Å². The predicted octanol–water partition coefficient (Wildman–Crippen LogP) is 2.31. The first-order valence-electron chi connectivity index (χ1n) is 8.63. The lowest BCUT2D eigenvalue weighted by Gasteiger charge is -2.23. The molecular formula is C19H25N3O2S. The van der Waals surface area contributed by atoms with Crippen LogP contribution in [0.2, 0.25) is 0 Å². The fourth-order valence-electron chi connectivity index (χ4n) is 3.18. The summed E-state index contributed by atoms with van der Waals surface area (Å²) in [5.74, 6) is 0. The molecule has 5 nitrogen and oxygen atoms in total. The fraction of sp³-hybridized carbons (Fsp3) is 0.368. The van der Waals surface area contributed by atoms with Gasteiger partial charge in [0, 0.05) is 38.4 Å². The highest BCUT2D eigenvalue weighted by Gasteiger charge is 2.16. The molecule has 0 atom stereocenters. The molecule has 6 heteroatoms. The smallest absolute Gasteiger partial charge is 0.240 e. The lowest BCUT2D eigenvalue weighted by atomic mass is 10.2. The van der Waals surface area contributed by atoms with E-state index < -0.39 is 10.0 Å². The van der Waals surface area contributed by atoms with Crippen LogP contribution in [0.25, 0.3) is 0 Å². The van der Waals surface area contributed by atoms with Crippen molar-refractivity contribution in [2.24, 2.45) is 0 Å². The number of benzene rings is 2. The van der Waals surface area contributed by atoms with Crippen molar-refractivity contribution in [3.63, 3.8) is 0 Å². The van der Waals surface area contributed by atoms with Crippen molar-refractivity contribution in [3.8, 4) is 0 Å². The van der Waals surface area contributed by atoms with E-state index in [0.29, 0.717) is 4.90 Å². The van der Waals surface area contributed by atoms with Crippen LogP contribution in [0.5, 0.6) is 0 Å². The van der Waals surface area contributed by atoms with Gasteiger partial charge >= 0.3 is 0 Å². The third kappa shape index (κ3) is 4.60. The van der Waals surface area contributed by atoms with Gasteiger partial charge in [-0.05, 0) is 43.3 Å². The summed E-state index contributed by atoms with van der Waals surface area (Å²) >= 11 is 0. The summed E-state index contributed by atoms with van der Waals surface area (Å²) in [6, 6.07) is 17.7. The summed E-state index contributed by atoms with van der Waals surface area (Å²) in [5.41, 5.74) is 2.43. The highest BCUT2D eigenvalue weighted by atomic mass is 32.2. The summed E-state index contributed by atoms with van der Waals surface area (Å²) < 4.78 is 25.9. The van der Waals surface area contributed by atoms with E-state index in [4.69, 9.17) is 0 Å². The Hall–Kier alpha value is -1.89. The Morgan fingerprint density at radius 3 is 2.32 bits per heavy atom. The van der Waals surface area contributed by atoms with Gasteiger partial charge in [-0.25, -0.2) is 13.1 Å². The zero-order valence-electron chi connectivity index (χ0n) is 14.6. The van der Waals surface area contributed by atoms with Crippen LogP contribution < -0.4 is 9.62 Å². The van der Waals surface area contributed by atoms with E-state index in [0.717, 1.165) is 44.7 Å². The van der Waals surface area contributed by atoms with Crippen LogP contribution in [-0.2, 0) is 16.6 Å². The first kappa shape index (κ1) is 17.9. The molecule has 0 bridgehead atoms. The van der Waals surface area contributed by atoms with E-state index in [1.807, 2.05) is 18.2 Å². The number of rotatable bonds is 5. The molecule has 0 aliphatic carbocycles. The third-order valence-corrected chi connectivity index (χ3v) is 6.05. The molecule has 1 N–H and O–H groups in total. The van der Waals surface area contributed by atoms with Crippen molar-refractivity contribution in [1.82, 2.24) is 9.62 Å². The molecule has 2 aromatic carbocycles. The van der Waals surface area contributed by atoms with E-state index in [2.05, 4.69) is 38.8 Å². The van der Waals surface area contributed by atoms with Crippen molar-refractivity contribution in [1.29, 1.82) is 0 Å². The Morgan fingerprint density at radius 2 is 1.64 bits per heavy atom. The Morgan fingerprint density at radius 1 is 0.920 bits per heavy atom. The molecule has 0 saturated carbocycles. The topological polar surface area (TPSA) is 52.7 Å². The maximum Gasteiger partial charge on any atom is 0.240 e. The molecule has 0 spiro atoms. The Labute approximate surface area is 150 Å². The summed E-state index contributed by atoms with van der Waals surface area (Å²) in [7, 11) is -1.93. The Bertz CT molecular complexity index is 776. The molecule has 1 aliphatic rings.